The van der Waals surface area contributed by atoms with E-state index in [1.807, 2.05) is 19.9 Å². The average Bonchev–Trinajstić information content (AvgIpc) is 2.52. The maximum absolute atomic E-state index is 10.7. The molecule has 2 aromatic rings. The van der Waals surface area contributed by atoms with E-state index in [2.05, 4.69) is 34.1 Å². The largest absolute Gasteiger partial charge is 0.476 e. The Kier molecular flexibility index (Phi) is 6.10. The molecule has 2 aromatic heterocycles. The number of nitrogens with two attached hydrogens (primary N) is 1. The van der Waals surface area contributed by atoms with Crippen LogP contribution in [0.1, 0.15) is 32.8 Å². The molecule has 0 aromatic carbocycles. The van der Waals surface area contributed by atoms with Gasteiger partial charge in [-0.3, -0.25) is 5.32 Å². The van der Waals surface area contributed by atoms with Gasteiger partial charge in [-0.05, 0) is 38.3 Å². The van der Waals surface area contributed by atoms with E-state index in [4.69, 9.17) is 15.6 Å². The summed E-state index contributed by atoms with van der Waals surface area (Å²) in [4.78, 5) is 23.1. The lowest BCUT2D eigenvalue weighted by Gasteiger charge is -2.26. The van der Waals surface area contributed by atoms with Crippen LogP contribution in [-0.4, -0.2) is 38.3 Å². The number of carbonyl (C=O) groups is 1. The molecule has 0 saturated carbocycles. The molecule has 0 fully saturated rings. The summed E-state index contributed by atoms with van der Waals surface area (Å²) in [5.41, 5.74) is 7.99. The van der Waals surface area contributed by atoms with E-state index >= 15 is 0 Å². The minimum atomic E-state index is -1.22. The van der Waals surface area contributed by atoms with Crippen molar-refractivity contribution >= 4 is 12.0 Å². The Bertz CT molecular complexity index is 777. The number of rotatable bonds is 7. The molecule has 140 valence electrons. The molecule has 0 bridgehead atoms. The molecular formula is C18H25N5O3. The summed E-state index contributed by atoms with van der Waals surface area (Å²) in [6, 6.07) is 3.56. The number of anilines is 1. The highest BCUT2D eigenvalue weighted by Crippen LogP contribution is 2.24. The molecule has 0 aliphatic carbocycles. The average molecular weight is 359 g/mol. The lowest BCUT2D eigenvalue weighted by atomic mass is 9.93. The van der Waals surface area contributed by atoms with Gasteiger partial charge in [0, 0.05) is 29.1 Å². The molecule has 2 heterocycles. The number of amides is 1. The van der Waals surface area contributed by atoms with Crippen LogP contribution in [0.2, 0.25) is 0 Å². The third-order valence-corrected chi connectivity index (χ3v) is 3.61. The molecule has 8 heteroatoms. The Labute approximate surface area is 152 Å². The number of aryl methyl sites for hydroxylation is 1. The predicted molar refractivity (Wildman–Crippen MR) is 99.2 cm³/mol. The van der Waals surface area contributed by atoms with Crippen LogP contribution in [-0.2, 0) is 0 Å². The highest BCUT2D eigenvalue weighted by molar-refractivity contribution is 5.80. The van der Waals surface area contributed by atoms with Crippen LogP contribution < -0.4 is 15.8 Å². The lowest BCUT2D eigenvalue weighted by molar-refractivity contribution is 0.199. The summed E-state index contributed by atoms with van der Waals surface area (Å²) >= 11 is 0. The van der Waals surface area contributed by atoms with Crippen molar-refractivity contribution in [3.8, 4) is 17.1 Å². The first-order valence-electron chi connectivity index (χ1n) is 8.38. The summed E-state index contributed by atoms with van der Waals surface area (Å²) in [7, 11) is 0. The Balaban J connectivity index is 2.13. The summed E-state index contributed by atoms with van der Waals surface area (Å²) < 4.78 is 5.81. The van der Waals surface area contributed by atoms with Crippen LogP contribution in [0.15, 0.2) is 24.5 Å². The first-order chi connectivity index (χ1) is 12.2. The molecule has 1 unspecified atom stereocenters. The fraction of sp³-hybridized carbons (Fsp3) is 0.444. The quantitative estimate of drug-likeness (QED) is 0.694. The first-order valence-corrected chi connectivity index (χ1v) is 8.38. The van der Waals surface area contributed by atoms with Gasteiger partial charge in [0.15, 0.2) is 0 Å². The van der Waals surface area contributed by atoms with Gasteiger partial charge in [-0.25, -0.2) is 19.7 Å². The van der Waals surface area contributed by atoms with Crippen molar-refractivity contribution in [2.24, 2.45) is 11.7 Å². The van der Waals surface area contributed by atoms with Crippen LogP contribution >= 0.6 is 0 Å². The third-order valence-electron chi connectivity index (χ3n) is 3.61. The van der Waals surface area contributed by atoms with Gasteiger partial charge in [-0.1, -0.05) is 13.8 Å². The van der Waals surface area contributed by atoms with Gasteiger partial charge in [0.25, 0.3) is 0 Å². The molecule has 0 radical (unpaired) electrons. The zero-order chi connectivity index (χ0) is 19.3. The molecule has 1 amide bonds. The van der Waals surface area contributed by atoms with E-state index in [0.717, 1.165) is 17.5 Å². The SMILES string of the molecule is Cc1cc(-c2ccnc(NC(=O)O)n2)cnc1OCC(C)(N)CC(C)C. The Morgan fingerprint density at radius 1 is 1.42 bits per heavy atom. The third kappa shape index (κ3) is 5.66. The molecule has 8 nitrogen and oxygen atoms in total. The second kappa shape index (κ2) is 8.09. The van der Waals surface area contributed by atoms with Crippen molar-refractivity contribution in [1.29, 1.82) is 0 Å². The van der Waals surface area contributed by atoms with E-state index < -0.39 is 11.6 Å². The first kappa shape index (κ1) is 19.6. The summed E-state index contributed by atoms with van der Waals surface area (Å²) in [5, 5.41) is 10.9. The maximum atomic E-state index is 10.7. The Hall–Kier alpha value is -2.74. The highest BCUT2D eigenvalue weighted by atomic mass is 16.5. The van der Waals surface area contributed by atoms with Crippen molar-refractivity contribution in [3.63, 3.8) is 0 Å². The molecule has 0 spiro atoms. The summed E-state index contributed by atoms with van der Waals surface area (Å²) in [5.74, 6) is 1.02. The number of ether oxygens (including phenoxy) is 1. The fourth-order valence-electron chi connectivity index (χ4n) is 2.75. The number of hydrogen-bond donors (Lipinski definition) is 3. The summed E-state index contributed by atoms with van der Waals surface area (Å²) in [6.45, 7) is 8.48. The number of nitrogens with zero attached hydrogens (tertiary/aromatic N) is 3. The fourth-order valence-corrected chi connectivity index (χ4v) is 2.75. The van der Waals surface area contributed by atoms with Crippen LogP contribution in [0, 0.1) is 12.8 Å². The van der Waals surface area contributed by atoms with Crippen molar-refractivity contribution < 1.29 is 14.6 Å². The van der Waals surface area contributed by atoms with Crippen molar-refractivity contribution in [2.45, 2.75) is 39.7 Å². The predicted octanol–water partition coefficient (Wildman–Crippen LogP) is 3.08. The van der Waals surface area contributed by atoms with Gasteiger partial charge in [0.05, 0.1) is 5.69 Å². The molecule has 2 rings (SSSR count). The standard InChI is InChI=1S/C18H25N5O3/c1-11(2)8-18(4,19)10-26-15-12(3)7-13(9-21-15)14-5-6-20-16(22-14)23-17(24)25/h5-7,9,11H,8,10,19H2,1-4H3,(H,24,25)(H,20,22,23). The number of aromatic nitrogens is 3. The van der Waals surface area contributed by atoms with Crippen LogP contribution in [0.4, 0.5) is 10.7 Å². The van der Waals surface area contributed by atoms with Gasteiger partial charge in [-0.15, -0.1) is 0 Å². The lowest BCUT2D eigenvalue weighted by Crippen LogP contribution is -2.43. The molecule has 0 saturated heterocycles. The van der Waals surface area contributed by atoms with E-state index in [-0.39, 0.29) is 5.95 Å². The van der Waals surface area contributed by atoms with Crippen molar-refractivity contribution in [3.05, 3.63) is 30.1 Å². The monoisotopic (exact) mass is 359 g/mol. The number of pyridine rings is 1. The zero-order valence-electron chi connectivity index (χ0n) is 15.5. The second-order valence-electron chi connectivity index (χ2n) is 7.08. The highest BCUT2D eigenvalue weighted by Gasteiger charge is 2.21. The number of hydrogen-bond acceptors (Lipinski definition) is 6. The summed E-state index contributed by atoms with van der Waals surface area (Å²) in [6.07, 6.45) is 2.75. The van der Waals surface area contributed by atoms with E-state index in [1.165, 1.54) is 6.20 Å². The number of nitrogens with one attached hydrogen (secondary N) is 1. The zero-order valence-corrected chi connectivity index (χ0v) is 15.5. The minimum Gasteiger partial charge on any atom is -0.476 e. The van der Waals surface area contributed by atoms with Gasteiger partial charge in [0.2, 0.25) is 11.8 Å². The van der Waals surface area contributed by atoms with Gasteiger partial charge >= 0.3 is 6.09 Å². The smallest absolute Gasteiger partial charge is 0.411 e. The van der Waals surface area contributed by atoms with Crippen molar-refractivity contribution in [1.82, 2.24) is 15.0 Å². The van der Waals surface area contributed by atoms with Crippen LogP contribution in [0.3, 0.4) is 0 Å². The second-order valence-corrected chi connectivity index (χ2v) is 7.08. The van der Waals surface area contributed by atoms with Crippen LogP contribution in [0.25, 0.3) is 11.3 Å². The number of carboxylic acid groups (broad SMARTS) is 1. The molecule has 4 N–H and O–H groups in total. The maximum Gasteiger partial charge on any atom is 0.411 e. The minimum absolute atomic E-state index is 0.0144. The van der Waals surface area contributed by atoms with E-state index in [9.17, 15) is 4.79 Å². The van der Waals surface area contributed by atoms with E-state index in [0.29, 0.717) is 24.1 Å². The molecule has 0 aliphatic heterocycles. The van der Waals surface area contributed by atoms with Crippen LogP contribution in [0.5, 0.6) is 5.88 Å². The normalized spacial score (nSPS) is 13.3. The Morgan fingerprint density at radius 3 is 2.77 bits per heavy atom. The van der Waals surface area contributed by atoms with E-state index in [1.54, 1.807) is 12.3 Å². The molecular weight excluding hydrogens is 334 g/mol. The van der Waals surface area contributed by atoms with Crippen molar-refractivity contribution in [2.75, 3.05) is 11.9 Å². The molecule has 26 heavy (non-hydrogen) atoms. The van der Waals surface area contributed by atoms with Gasteiger partial charge in [0.1, 0.15) is 6.61 Å². The molecule has 0 aliphatic rings. The van der Waals surface area contributed by atoms with Gasteiger partial charge in [-0.2, -0.15) is 0 Å². The Morgan fingerprint density at radius 2 is 2.15 bits per heavy atom. The molecule has 1 atom stereocenters. The van der Waals surface area contributed by atoms with Gasteiger partial charge < -0.3 is 15.6 Å². The topological polar surface area (TPSA) is 123 Å².